The maximum Gasteiger partial charge on any atom is 0.0967 e. The fraction of sp³-hybridized carbons (Fsp3) is 0.846. The maximum absolute atomic E-state index is 4.19. The molecule has 1 aliphatic heterocycles. The Hall–Kier alpha value is -0.940. The van der Waals surface area contributed by atoms with Crippen molar-refractivity contribution in [2.45, 2.75) is 45.2 Å². The number of hydrogen-bond donors (Lipinski definition) is 1. The fourth-order valence-corrected chi connectivity index (χ4v) is 2.54. The molecule has 1 atom stereocenters. The van der Waals surface area contributed by atoms with Gasteiger partial charge in [0.2, 0.25) is 0 Å². The molecule has 2 heterocycles. The van der Waals surface area contributed by atoms with E-state index in [1.165, 1.54) is 32.2 Å². The molecule has 0 spiro atoms. The Labute approximate surface area is 110 Å². The topological polar surface area (TPSA) is 46.0 Å². The van der Waals surface area contributed by atoms with E-state index in [2.05, 4.69) is 27.5 Å². The van der Waals surface area contributed by atoms with Crippen LogP contribution in [0.1, 0.15) is 38.3 Å². The number of nitrogens with zero attached hydrogens (tertiary/aromatic N) is 4. The average molecular weight is 251 g/mol. The molecular formula is C13H25N5. The molecule has 0 aromatic carbocycles. The van der Waals surface area contributed by atoms with Crippen molar-refractivity contribution in [3.63, 3.8) is 0 Å². The van der Waals surface area contributed by atoms with Crippen LogP contribution >= 0.6 is 0 Å². The van der Waals surface area contributed by atoms with Gasteiger partial charge in [0.15, 0.2) is 0 Å². The van der Waals surface area contributed by atoms with E-state index in [-0.39, 0.29) is 0 Å². The molecule has 5 nitrogen and oxygen atoms in total. The third-order valence-electron chi connectivity index (χ3n) is 3.50. The second-order valence-electron chi connectivity index (χ2n) is 5.27. The molecule has 1 N–H and O–H groups in total. The minimum Gasteiger partial charge on any atom is -0.313 e. The van der Waals surface area contributed by atoms with E-state index < -0.39 is 0 Å². The minimum atomic E-state index is 0.665. The van der Waals surface area contributed by atoms with Crippen molar-refractivity contribution in [1.29, 1.82) is 0 Å². The first-order valence-electron chi connectivity index (χ1n) is 7.09. The van der Waals surface area contributed by atoms with Crippen molar-refractivity contribution in [3.05, 3.63) is 11.9 Å². The lowest BCUT2D eigenvalue weighted by molar-refractivity contribution is 0.235. The molecule has 1 saturated heterocycles. The first-order chi connectivity index (χ1) is 8.78. The Morgan fingerprint density at radius 1 is 1.56 bits per heavy atom. The van der Waals surface area contributed by atoms with Crippen LogP contribution in [0.15, 0.2) is 6.20 Å². The lowest BCUT2D eigenvalue weighted by Crippen LogP contribution is -2.37. The van der Waals surface area contributed by atoms with Crippen LogP contribution in [-0.2, 0) is 13.6 Å². The fourth-order valence-electron chi connectivity index (χ4n) is 2.54. The number of aromatic nitrogens is 3. The SMILES string of the molecule is CCCCN(Cc1cn(C)nn1)CC1CCCN1. The predicted molar refractivity (Wildman–Crippen MR) is 72.2 cm³/mol. The van der Waals surface area contributed by atoms with Gasteiger partial charge in [-0.05, 0) is 32.4 Å². The third-order valence-corrected chi connectivity index (χ3v) is 3.50. The highest BCUT2D eigenvalue weighted by atomic mass is 15.4. The summed E-state index contributed by atoms with van der Waals surface area (Å²) in [5.74, 6) is 0. The molecule has 5 heteroatoms. The first-order valence-corrected chi connectivity index (χ1v) is 7.09. The molecule has 1 aromatic heterocycles. The molecule has 0 amide bonds. The average Bonchev–Trinajstić information content (AvgIpc) is 2.98. The summed E-state index contributed by atoms with van der Waals surface area (Å²) in [6.07, 6.45) is 7.14. The van der Waals surface area contributed by atoms with E-state index in [0.29, 0.717) is 6.04 Å². The summed E-state index contributed by atoms with van der Waals surface area (Å²) in [5, 5.41) is 11.8. The van der Waals surface area contributed by atoms with Crippen LogP contribution in [0.3, 0.4) is 0 Å². The molecular weight excluding hydrogens is 226 g/mol. The Balaban J connectivity index is 1.86. The van der Waals surface area contributed by atoms with Crippen LogP contribution in [0.5, 0.6) is 0 Å². The molecule has 0 bridgehead atoms. The molecule has 102 valence electrons. The smallest absolute Gasteiger partial charge is 0.0967 e. The van der Waals surface area contributed by atoms with Gasteiger partial charge in [-0.15, -0.1) is 5.10 Å². The van der Waals surface area contributed by atoms with E-state index in [0.717, 1.165) is 25.3 Å². The van der Waals surface area contributed by atoms with Crippen molar-refractivity contribution in [1.82, 2.24) is 25.2 Å². The quantitative estimate of drug-likeness (QED) is 0.790. The molecule has 1 aliphatic rings. The van der Waals surface area contributed by atoms with Crippen molar-refractivity contribution < 1.29 is 0 Å². The molecule has 2 rings (SSSR count). The largest absolute Gasteiger partial charge is 0.313 e. The third kappa shape index (κ3) is 4.07. The van der Waals surface area contributed by atoms with Gasteiger partial charge in [0, 0.05) is 32.4 Å². The van der Waals surface area contributed by atoms with Crippen LogP contribution < -0.4 is 5.32 Å². The van der Waals surface area contributed by atoms with Gasteiger partial charge >= 0.3 is 0 Å². The van der Waals surface area contributed by atoms with Gasteiger partial charge in [-0.25, -0.2) is 0 Å². The predicted octanol–water partition coefficient (Wildman–Crippen LogP) is 1.17. The molecule has 1 fully saturated rings. The summed E-state index contributed by atoms with van der Waals surface area (Å²) in [6.45, 7) is 6.64. The monoisotopic (exact) mass is 251 g/mol. The Bertz CT molecular complexity index is 343. The van der Waals surface area contributed by atoms with Crippen LogP contribution in [0.25, 0.3) is 0 Å². The van der Waals surface area contributed by atoms with Crippen molar-refractivity contribution in [2.75, 3.05) is 19.6 Å². The second-order valence-corrected chi connectivity index (χ2v) is 5.27. The van der Waals surface area contributed by atoms with Gasteiger partial charge in [0.1, 0.15) is 0 Å². The van der Waals surface area contributed by atoms with Gasteiger partial charge in [0.05, 0.1) is 5.69 Å². The van der Waals surface area contributed by atoms with Crippen molar-refractivity contribution in [3.8, 4) is 0 Å². The van der Waals surface area contributed by atoms with E-state index in [1.54, 1.807) is 4.68 Å². The van der Waals surface area contributed by atoms with Crippen LogP contribution in [0.4, 0.5) is 0 Å². The zero-order chi connectivity index (χ0) is 12.8. The molecule has 0 radical (unpaired) electrons. The van der Waals surface area contributed by atoms with E-state index in [1.807, 2.05) is 13.2 Å². The summed E-state index contributed by atoms with van der Waals surface area (Å²) < 4.78 is 1.78. The number of rotatable bonds is 7. The van der Waals surface area contributed by atoms with Crippen molar-refractivity contribution >= 4 is 0 Å². The summed E-state index contributed by atoms with van der Waals surface area (Å²) in [6, 6.07) is 0.665. The molecule has 18 heavy (non-hydrogen) atoms. The maximum atomic E-state index is 4.19. The summed E-state index contributed by atoms with van der Waals surface area (Å²) in [5.41, 5.74) is 1.08. The highest BCUT2D eigenvalue weighted by Gasteiger charge is 2.18. The molecule has 0 saturated carbocycles. The van der Waals surface area contributed by atoms with E-state index in [4.69, 9.17) is 0 Å². The lowest BCUT2D eigenvalue weighted by Gasteiger charge is -2.24. The first kappa shape index (κ1) is 13.5. The second kappa shape index (κ2) is 6.85. The zero-order valence-corrected chi connectivity index (χ0v) is 11.6. The standard InChI is InChI=1S/C13H25N5/c1-3-4-8-18(10-12-6-5-7-14-12)11-13-9-17(2)16-15-13/h9,12,14H,3-8,10-11H2,1-2H3. The lowest BCUT2D eigenvalue weighted by atomic mass is 10.2. The number of hydrogen-bond acceptors (Lipinski definition) is 4. The Morgan fingerprint density at radius 2 is 2.44 bits per heavy atom. The van der Waals surface area contributed by atoms with Crippen LogP contribution in [0.2, 0.25) is 0 Å². The molecule has 1 unspecified atom stereocenters. The van der Waals surface area contributed by atoms with E-state index in [9.17, 15) is 0 Å². The van der Waals surface area contributed by atoms with Crippen LogP contribution in [0, 0.1) is 0 Å². The van der Waals surface area contributed by atoms with Crippen molar-refractivity contribution in [2.24, 2.45) is 7.05 Å². The zero-order valence-electron chi connectivity index (χ0n) is 11.6. The van der Waals surface area contributed by atoms with Gasteiger partial charge in [0.25, 0.3) is 0 Å². The molecule has 0 aliphatic carbocycles. The highest BCUT2D eigenvalue weighted by Crippen LogP contribution is 2.10. The normalized spacial score (nSPS) is 19.8. The van der Waals surface area contributed by atoms with E-state index >= 15 is 0 Å². The minimum absolute atomic E-state index is 0.665. The van der Waals surface area contributed by atoms with Gasteiger partial charge < -0.3 is 5.32 Å². The summed E-state index contributed by atoms with van der Waals surface area (Å²) in [7, 11) is 1.92. The number of nitrogens with one attached hydrogen (secondary N) is 1. The summed E-state index contributed by atoms with van der Waals surface area (Å²) >= 11 is 0. The van der Waals surface area contributed by atoms with Gasteiger partial charge in [-0.3, -0.25) is 9.58 Å². The number of unbranched alkanes of at least 4 members (excludes halogenated alkanes) is 1. The van der Waals surface area contributed by atoms with Crippen LogP contribution in [-0.4, -0.2) is 45.6 Å². The van der Waals surface area contributed by atoms with Gasteiger partial charge in [-0.1, -0.05) is 18.6 Å². The van der Waals surface area contributed by atoms with Gasteiger partial charge in [-0.2, -0.15) is 0 Å². The Kier molecular flexibility index (Phi) is 5.13. The number of aryl methyl sites for hydroxylation is 1. The highest BCUT2D eigenvalue weighted by molar-refractivity contribution is 4.92. The summed E-state index contributed by atoms with van der Waals surface area (Å²) in [4.78, 5) is 2.51. The Morgan fingerprint density at radius 3 is 3.06 bits per heavy atom. The molecule has 1 aromatic rings.